The van der Waals surface area contributed by atoms with Crippen molar-refractivity contribution >= 4 is 34.4 Å². The largest absolute Gasteiger partial charge is 0.493 e. The Labute approximate surface area is 194 Å². The van der Waals surface area contributed by atoms with E-state index >= 15 is 0 Å². The second-order valence-corrected chi connectivity index (χ2v) is 8.28. The van der Waals surface area contributed by atoms with Crippen LogP contribution in [0, 0.1) is 0 Å². The van der Waals surface area contributed by atoms with Gasteiger partial charge in [-0.2, -0.15) is 0 Å². The number of amides is 1. The van der Waals surface area contributed by atoms with E-state index in [1.54, 1.807) is 47.0 Å². The maximum Gasteiger partial charge on any atom is 0.328 e. The first kappa shape index (κ1) is 22.5. The molecule has 10 nitrogen and oxygen atoms in total. The summed E-state index contributed by atoms with van der Waals surface area (Å²) in [5.74, 6) is 1.85. The van der Waals surface area contributed by atoms with Crippen LogP contribution in [0.3, 0.4) is 0 Å². The Morgan fingerprint density at radius 3 is 2.48 bits per heavy atom. The lowest BCUT2D eigenvalue weighted by molar-refractivity contribution is -0.113. The molecule has 33 heavy (non-hydrogen) atoms. The molecule has 4 rings (SSSR count). The third-order valence-electron chi connectivity index (χ3n) is 5.24. The predicted molar refractivity (Wildman–Crippen MR) is 126 cm³/mol. The Morgan fingerprint density at radius 1 is 1.00 bits per heavy atom. The number of carbonyl (C=O) groups excluding carboxylic acids is 1. The minimum absolute atomic E-state index is 0.114. The molecular formula is C22H24N6O4S. The van der Waals surface area contributed by atoms with Crippen LogP contribution in [0.15, 0.2) is 52.4 Å². The van der Waals surface area contributed by atoms with Gasteiger partial charge in [-0.15, -0.1) is 10.2 Å². The molecule has 0 fully saturated rings. The topological polar surface area (TPSA) is 105 Å². The van der Waals surface area contributed by atoms with E-state index in [0.29, 0.717) is 28.2 Å². The highest BCUT2D eigenvalue weighted by molar-refractivity contribution is 7.99. The van der Waals surface area contributed by atoms with Gasteiger partial charge in [0.05, 0.1) is 23.9 Å². The quantitative estimate of drug-likeness (QED) is 0.396. The maximum atomic E-state index is 12.5. The number of hydrogen-bond donors (Lipinski definition) is 1. The van der Waals surface area contributed by atoms with E-state index in [1.165, 1.54) is 11.8 Å². The van der Waals surface area contributed by atoms with E-state index in [4.69, 9.17) is 9.47 Å². The highest BCUT2D eigenvalue weighted by Crippen LogP contribution is 2.27. The van der Waals surface area contributed by atoms with Gasteiger partial charge < -0.3 is 19.4 Å². The molecule has 0 unspecified atom stereocenters. The number of nitrogens with one attached hydrogen (secondary N) is 1. The zero-order chi connectivity index (χ0) is 23.5. The maximum absolute atomic E-state index is 12.5. The van der Waals surface area contributed by atoms with E-state index in [-0.39, 0.29) is 24.0 Å². The Morgan fingerprint density at radius 2 is 1.73 bits per heavy atom. The Kier molecular flexibility index (Phi) is 6.40. The minimum atomic E-state index is -0.185. The highest BCUT2D eigenvalue weighted by atomic mass is 32.2. The average molecular weight is 469 g/mol. The first-order chi connectivity index (χ1) is 15.9. The third-order valence-corrected chi connectivity index (χ3v) is 6.26. The van der Waals surface area contributed by atoms with Crippen LogP contribution in [0.2, 0.25) is 0 Å². The molecule has 11 heteroatoms. The second kappa shape index (κ2) is 9.41. The number of ether oxygens (including phenoxy) is 2. The lowest BCUT2D eigenvalue weighted by atomic mass is 10.2. The number of aryl methyl sites for hydroxylation is 2. The number of benzene rings is 2. The molecule has 0 atom stereocenters. The van der Waals surface area contributed by atoms with Gasteiger partial charge in [0.1, 0.15) is 6.61 Å². The number of carbonyl (C=O) groups is 1. The fourth-order valence-electron chi connectivity index (χ4n) is 3.39. The molecule has 1 amide bonds. The molecule has 0 aliphatic rings. The smallest absolute Gasteiger partial charge is 0.328 e. The van der Waals surface area contributed by atoms with Gasteiger partial charge in [0.25, 0.3) is 0 Å². The Balaban J connectivity index is 1.36. The van der Waals surface area contributed by atoms with E-state index in [1.807, 2.05) is 37.4 Å². The predicted octanol–water partition coefficient (Wildman–Crippen LogP) is 2.32. The van der Waals surface area contributed by atoms with Crippen molar-refractivity contribution in [1.82, 2.24) is 23.9 Å². The molecule has 0 saturated heterocycles. The van der Waals surface area contributed by atoms with E-state index in [2.05, 4.69) is 15.5 Å². The SMILES string of the molecule is COc1ccccc1OCc1nnc(SCC(=O)Nc2ccc3c(c2)n(C)c(=O)n3C)n1C. The number of aromatic nitrogens is 5. The van der Waals surface area contributed by atoms with Gasteiger partial charge in [-0.05, 0) is 30.3 Å². The number of nitrogens with zero attached hydrogens (tertiary/aromatic N) is 5. The first-order valence-corrected chi connectivity index (χ1v) is 11.1. The fraction of sp³-hybridized carbons (Fsp3) is 0.273. The molecule has 0 aliphatic heterocycles. The van der Waals surface area contributed by atoms with Crippen molar-refractivity contribution in [1.29, 1.82) is 0 Å². The van der Waals surface area contributed by atoms with Crippen LogP contribution in [-0.4, -0.2) is 42.7 Å². The van der Waals surface area contributed by atoms with Gasteiger partial charge in [0.15, 0.2) is 22.5 Å². The number of rotatable bonds is 8. The van der Waals surface area contributed by atoms with Crippen LogP contribution in [-0.2, 0) is 32.5 Å². The third kappa shape index (κ3) is 4.58. The molecule has 2 aromatic heterocycles. The standard InChI is InChI=1S/C22H24N6O4S/c1-26-15-10-9-14(11-16(15)27(2)22(26)30)23-20(29)13-33-21-25-24-19(28(21)3)12-32-18-8-6-5-7-17(18)31-4/h5-11H,12-13H2,1-4H3,(H,23,29). The summed E-state index contributed by atoms with van der Waals surface area (Å²) in [6, 6.07) is 12.8. The minimum Gasteiger partial charge on any atom is -0.493 e. The van der Waals surface area contributed by atoms with Gasteiger partial charge in [-0.3, -0.25) is 13.9 Å². The number of hydrogen-bond acceptors (Lipinski definition) is 7. The molecule has 2 aromatic carbocycles. The van der Waals surface area contributed by atoms with Crippen LogP contribution in [0.4, 0.5) is 5.69 Å². The van der Waals surface area contributed by atoms with Crippen molar-refractivity contribution in [3.05, 3.63) is 58.8 Å². The van der Waals surface area contributed by atoms with Crippen LogP contribution >= 0.6 is 11.8 Å². The van der Waals surface area contributed by atoms with E-state index < -0.39 is 0 Å². The second-order valence-electron chi connectivity index (χ2n) is 7.34. The summed E-state index contributed by atoms with van der Waals surface area (Å²) in [4.78, 5) is 24.6. The molecule has 2 heterocycles. The summed E-state index contributed by atoms with van der Waals surface area (Å²) in [6.45, 7) is 0.215. The van der Waals surface area contributed by atoms with Crippen molar-refractivity contribution in [2.24, 2.45) is 21.1 Å². The Hall–Kier alpha value is -3.73. The summed E-state index contributed by atoms with van der Waals surface area (Å²) in [7, 11) is 6.83. The van der Waals surface area contributed by atoms with E-state index in [9.17, 15) is 9.59 Å². The van der Waals surface area contributed by atoms with Crippen molar-refractivity contribution in [3.63, 3.8) is 0 Å². The monoisotopic (exact) mass is 468 g/mol. The molecule has 4 aromatic rings. The van der Waals surface area contributed by atoms with Gasteiger partial charge in [-0.25, -0.2) is 4.79 Å². The molecule has 0 spiro atoms. The van der Waals surface area contributed by atoms with Crippen LogP contribution in [0.1, 0.15) is 5.82 Å². The lowest BCUT2D eigenvalue weighted by Gasteiger charge is -2.10. The summed E-state index contributed by atoms with van der Waals surface area (Å²) in [6.07, 6.45) is 0. The van der Waals surface area contributed by atoms with Gasteiger partial charge in [0, 0.05) is 26.8 Å². The van der Waals surface area contributed by atoms with Crippen LogP contribution < -0.4 is 20.5 Å². The number of para-hydroxylation sites is 2. The summed E-state index contributed by atoms with van der Waals surface area (Å²) < 4.78 is 16.0. The number of thioether (sulfide) groups is 1. The summed E-state index contributed by atoms with van der Waals surface area (Å²) in [5, 5.41) is 11.8. The Bertz CT molecular complexity index is 1370. The van der Waals surface area contributed by atoms with Gasteiger partial charge >= 0.3 is 5.69 Å². The normalized spacial score (nSPS) is 11.0. The van der Waals surface area contributed by atoms with Crippen LogP contribution in [0.25, 0.3) is 11.0 Å². The van der Waals surface area contributed by atoms with Gasteiger partial charge in [-0.1, -0.05) is 23.9 Å². The van der Waals surface area contributed by atoms with Gasteiger partial charge in [0.2, 0.25) is 5.91 Å². The number of anilines is 1. The molecule has 172 valence electrons. The molecule has 1 N–H and O–H groups in total. The van der Waals surface area contributed by atoms with Crippen molar-refractivity contribution in [2.45, 2.75) is 11.8 Å². The van der Waals surface area contributed by atoms with Crippen LogP contribution in [0.5, 0.6) is 11.5 Å². The molecule has 0 radical (unpaired) electrons. The van der Waals surface area contributed by atoms with E-state index in [0.717, 1.165) is 11.0 Å². The molecule has 0 aliphatic carbocycles. The molecular weight excluding hydrogens is 444 g/mol. The molecule has 0 bridgehead atoms. The lowest BCUT2D eigenvalue weighted by Crippen LogP contribution is -2.19. The first-order valence-electron chi connectivity index (χ1n) is 10.1. The summed E-state index contributed by atoms with van der Waals surface area (Å²) in [5.41, 5.74) is 2.06. The highest BCUT2D eigenvalue weighted by Gasteiger charge is 2.14. The molecule has 0 saturated carbocycles. The van der Waals surface area contributed by atoms with Crippen molar-refractivity contribution < 1.29 is 14.3 Å². The number of methoxy groups -OCH3 is 1. The van der Waals surface area contributed by atoms with Crippen molar-refractivity contribution in [3.8, 4) is 11.5 Å². The fourth-order valence-corrected chi connectivity index (χ4v) is 4.12. The number of imidazole rings is 1. The summed E-state index contributed by atoms with van der Waals surface area (Å²) >= 11 is 1.28. The zero-order valence-electron chi connectivity index (χ0n) is 18.7. The average Bonchev–Trinajstić information content (AvgIpc) is 3.28. The number of fused-ring (bicyclic) bond motifs is 1. The zero-order valence-corrected chi connectivity index (χ0v) is 19.5. The van der Waals surface area contributed by atoms with Crippen molar-refractivity contribution in [2.75, 3.05) is 18.2 Å².